The Kier molecular flexibility index (Phi) is 2.19. The minimum Gasteiger partial charge on any atom is -0.292 e. The maximum atomic E-state index is 12.5. The van der Waals surface area contributed by atoms with Crippen LogP contribution in [0.5, 0.6) is 0 Å². The van der Waals surface area contributed by atoms with Crippen molar-refractivity contribution in [3.05, 3.63) is 0 Å². The number of hydrogen-bond acceptors (Lipinski definition) is 2. The van der Waals surface area contributed by atoms with Gasteiger partial charge in [0.2, 0.25) is 0 Å². The summed E-state index contributed by atoms with van der Waals surface area (Å²) in [6.45, 7) is 12.8. The molecule has 90 valence electrons. The summed E-state index contributed by atoms with van der Waals surface area (Å²) in [6, 6.07) is 0. The van der Waals surface area contributed by atoms with Crippen molar-refractivity contribution >= 4 is 11.5 Å². The molecule has 16 heavy (non-hydrogen) atoms. The van der Waals surface area contributed by atoms with Gasteiger partial charge in [-0.05, 0) is 39.0 Å². The van der Waals surface area contributed by atoms with Crippen LogP contribution in [0.4, 0.5) is 0 Å². The van der Waals surface area contributed by atoms with Crippen molar-refractivity contribution in [2.24, 2.45) is 21.7 Å². The maximum absolute atomic E-state index is 12.5. The molecule has 0 saturated heterocycles. The average molecular weight is 221 g/mol. The van der Waals surface area contributed by atoms with Crippen LogP contribution in [0.25, 0.3) is 0 Å². The SMILES string of the molecule is CC(C)(C)N=C1C(=O)[C@]2(C)CC[C@H]1C2(C)C. The van der Waals surface area contributed by atoms with E-state index >= 15 is 0 Å². The van der Waals surface area contributed by atoms with E-state index in [0.29, 0.717) is 11.7 Å². The van der Waals surface area contributed by atoms with Crippen LogP contribution in [0, 0.1) is 16.7 Å². The van der Waals surface area contributed by atoms with Gasteiger partial charge in [-0.3, -0.25) is 9.79 Å². The predicted molar refractivity (Wildman–Crippen MR) is 66.8 cm³/mol. The Morgan fingerprint density at radius 1 is 1.25 bits per heavy atom. The molecule has 0 heterocycles. The zero-order chi connectivity index (χ0) is 12.4. The van der Waals surface area contributed by atoms with Crippen molar-refractivity contribution in [2.75, 3.05) is 0 Å². The molecule has 0 radical (unpaired) electrons. The topological polar surface area (TPSA) is 29.4 Å². The zero-order valence-corrected chi connectivity index (χ0v) is 11.3. The smallest absolute Gasteiger partial charge is 0.183 e. The number of carbonyl (C=O) groups is 1. The molecule has 2 aliphatic carbocycles. The minimum atomic E-state index is -0.165. The highest BCUT2D eigenvalue weighted by Crippen LogP contribution is 2.62. The Balaban J connectivity index is 2.49. The normalized spacial score (nSPS) is 39.8. The number of nitrogens with zero attached hydrogens (tertiary/aromatic N) is 1. The van der Waals surface area contributed by atoms with Crippen LogP contribution in [0.2, 0.25) is 0 Å². The summed E-state index contributed by atoms with van der Waals surface area (Å²) in [7, 11) is 0. The van der Waals surface area contributed by atoms with Gasteiger partial charge in [-0.15, -0.1) is 0 Å². The van der Waals surface area contributed by atoms with Crippen molar-refractivity contribution in [2.45, 2.75) is 59.9 Å². The molecule has 2 bridgehead atoms. The predicted octanol–water partition coefficient (Wildman–Crippen LogP) is 3.25. The second-order valence-corrected chi connectivity index (χ2v) is 7.14. The number of carbonyl (C=O) groups excluding carboxylic acids is 1. The van der Waals surface area contributed by atoms with Crippen LogP contribution < -0.4 is 0 Å². The summed E-state index contributed by atoms with van der Waals surface area (Å²) in [4.78, 5) is 17.1. The Morgan fingerprint density at radius 2 is 1.81 bits per heavy atom. The first-order chi connectivity index (χ1) is 7.09. The standard InChI is InChI=1S/C14H23NO/c1-12(2,3)15-10-9-7-8-14(6,11(10)16)13(9,4)5/h9H,7-8H2,1-6H3/t9-,14+/m1/s1. The highest BCUT2D eigenvalue weighted by Gasteiger charge is 2.65. The second kappa shape index (κ2) is 2.96. The molecule has 2 atom stereocenters. The van der Waals surface area contributed by atoms with Gasteiger partial charge in [0.25, 0.3) is 0 Å². The molecular weight excluding hydrogens is 198 g/mol. The number of aliphatic imine (C=N–C) groups is 1. The summed E-state index contributed by atoms with van der Waals surface area (Å²) < 4.78 is 0. The number of rotatable bonds is 0. The monoisotopic (exact) mass is 221 g/mol. The molecule has 0 unspecified atom stereocenters. The third kappa shape index (κ3) is 1.31. The number of ketones is 1. The van der Waals surface area contributed by atoms with Crippen LogP contribution in [0.15, 0.2) is 4.99 Å². The summed E-state index contributed by atoms with van der Waals surface area (Å²) in [6.07, 6.45) is 2.16. The van der Waals surface area contributed by atoms with Crippen molar-refractivity contribution in [3.8, 4) is 0 Å². The summed E-state index contributed by atoms with van der Waals surface area (Å²) in [5, 5.41) is 0. The van der Waals surface area contributed by atoms with Gasteiger partial charge in [-0.1, -0.05) is 20.8 Å². The van der Waals surface area contributed by atoms with E-state index in [9.17, 15) is 4.79 Å². The van der Waals surface area contributed by atoms with Gasteiger partial charge < -0.3 is 0 Å². The molecular formula is C14H23NO. The highest BCUT2D eigenvalue weighted by molar-refractivity contribution is 6.45. The molecule has 2 heteroatoms. The fraction of sp³-hybridized carbons (Fsp3) is 0.857. The lowest BCUT2D eigenvalue weighted by Gasteiger charge is -2.31. The summed E-state index contributed by atoms with van der Waals surface area (Å²) >= 11 is 0. The molecule has 0 amide bonds. The summed E-state index contributed by atoms with van der Waals surface area (Å²) in [5.74, 6) is 0.688. The zero-order valence-electron chi connectivity index (χ0n) is 11.3. The fourth-order valence-electron chi connectivity index (χ4n) is 3.32. The molecule has 0 aromatic rings. The van der Waals surface area contributed by atoms with Gasteiger partial charge >= 0.3 is 0 Å². The van der Waals surface area contributed by atoms with E-state index in [1.54, 1.807) is 0 Å². The molecule has 0 aromatic carbocycles. The van der Waals surface area contributed by atoms with E-state index < -0.39 is 0 Å². The van der Waals surface area contributed by atoms with Crippen LogP contribution >= 0.6 is 0 Å². The molecule has 0 aliphatic heterocycles. The van der Waals surface area contributed by atoms with Gasteiger partial charge in [0.1, 0.15) is 0 Å². The molecule has 2 nitrogen and oxygen atoms in total. The molecule has 2 rings (SSSR count). The quantitative estimate of drug-likeness (QED) is 0.617. The van der Waals surface area contributed by atoms with Crippen LogP contribution in [0.3, 0.4) is 0 Å². The fourth-order valence-corrected chi connectivity index (χ4v) is 3.32. The average Bonchev–Trinajstić information content (AvgIpc) is 2.38. The lowest BCUT2D eigenvalue weighted by atomic mass is 9.70. The molecule has 2 saturated carbocycles. The van der Waals surface area contributed by atoms with Gasteiger partial charge in [0.05, 0.1) is 11.3 Å². The second-order valence-electron chi connectivity index (χ2n) is 7.14. The van der Waals surface area contributed by atoms with E-state index in [1.165, 1.54) is 0 Å². The third-order valence-electron chi connectivity index (χ3n) is 4.75. The Bertz CT molecular complexity index is 373. The van der Waals surface area contributed by atoms with E-state index in [1.807, 2.05) is 0 Å². The maximum Gasteiger partial charge on any atom is 0.183 e. The third-order valence-corrected chi connectivity index (χ3v) is 4.75. The van der Waals surface area contributed by atoms with Crippen molar-refractivity contribution in [1.82, 2.24) is 0 Å². The van der Waals surface area contributed by atoms with Crippen molar-refractivity contribution in [3.63, 3.8) is 0 Å². The molecule has 0 spiro atoms. The van der Waals surface area contributed by atoms with E-state index in [-0.39, 0.29) is 16.4 Å². The molecule has 0 aromatic heterocycles. The highest BCUT2D eigenvalue weighted by atomic mass is 16.1. The van der Waals surface area contributed by atoms with Gasteiger partial charge in [-0.25, -0.2) is 0 Å². The van der Waals surface area contributed by atoms with E-state index in [2.05, 4.69) is 46.5 Å². The van der Waals surface area contributed by atoms with Crippen molar-refractivity contribution in [1.29, 1.82) is 0 Å². The van der Waals surface area contributed by atoms with Gasteiger partial charge in [0.15, 0.2) is 5.78 Å². The van der Waals surface area contributed by atoms with Crippen LogP contribution in [-0.2, 0) is 4.79 Å². The lowest BCUT2D eigenvalue weighted by Crippen LogP contribution is -2.34. The Hall–Kier alpha value is -0.660. The first kappa shape index (κ1) is 11.8. The van der Waals surface area contributed by atoms with Crippen LogP contribution in [0.1, 0.15) is 54.4 Å². The minimum absolute atomic E-state index is 0.0914. The molecule has 0 N–H and O–H groups in total. The Morgan fingerprint density at radius 3 is 2.19 bits per heavy atom. The van der Waals surface area contributed by atoms with Gasteiger partial charge in [-0.2, -0.15) is 0 Å². The number of hydrogen-bond donors (Lipinski definition) is 0. The van der Waals surface area contributed by atoms with Gasteiger partial charge in [0, 0.05) is 11.3 Å². The number of Topliss-reactive ketones (excluding diaryl/α,β-unsaturated/α-hetero) is 1. The summed E-state index contributed by atoms with van der Waals surface area (Å²) in [5.41, 5.74) is 0.656. The number of fused-ring (bicyclic) bond motifs is 2. The first-order valence-electron chi connectivity index (χ1n) is 6.24. The molecule has 2 aliphatic rings. The van der Waals surface area contributed by atoms with E-state index in [4.69, 9.17) is 0 Å². The van der Waals surface area contributed by atoms with Crippen LogP contribution in [-0.4, -0.2) is 17.0 Å². The van der Waals surface area contributed by atoms with Crippen molar-refractivity contribution < 1.29 is 4.79 Å². The largest absolute Gasteiger partial charge is 0.292 e. The lowest BCUT2D eigenvalue weighted by molar-refractivity contribution is -0.123. The first-order valence-corrected chi connectivity index (χ1v) is 6.24. The molecule has 2 fully saturated rings. The Labute approximate surface area is 98.5 Å². The van der Waals surface area contributed by atoms with E-state index in [0.717, 1.165) is 18.6 Å².